The van der Waals surface area contributed by atoms with E-state index in [9.17, 15) is 4.79 Å². The lowest BCUT2D eigenvalue weighted by Crippen LogP contribution is -2.34. The van der Waals surface area contributed by atoms with Crippen LogP contribution in [0.5, 0.6) is 5.75 Å². The molecule has 1 aromatic rings. The SMILES string of the molecule is COc1ccc([C@@H](C)NC(=O)CC(N)C2CC2)cc1. The number of carbonyl (C=O) groups is 1. The number of methoxy groups -OCH3 is 1. The van der Waals surface area contributed by atoms with Crippen molar-refractivity contribution >= 4 is 5.91 Å². The van der Waals surface area contributed by atoms with Gasteiger partial charge in [0.15, 0.2) is 0 Å². The van der Waals surface area contributed by atoms with E-state index in [1.165, 1.54) is 12.8 Å². The average molecular weight is 262 g/mol. The van der Waals surface area contributed by atoms with Gasteiger partial charge in [-0.2, -0.15) is 0 Å². The Morgan fingerprint density at radius 3 is 2.58 bits per heavy atom. The van der Waals surface area contributed by atoms with Gasteiger partial charge in [0.25, 0.3) is 0 Å². The number of nitrogens with two attached hydrogens (primary N) is 1. The van der Waals surface area contributed by atoms with Crippen molar-refractivity contribution in [1.82, 2.24) is 5.32 Å². The second-order valence-electron chi connectivity index (χ2n) is 5.27. The molecule has 104 valence electrons. The summed E-state index contributed by atoms with van der Waals surface area (Å²) in [4.78, 5) is 11.9. The van der Waals surface area contributed by atoms with Crippen LogP contribution in [0, 0.1) is 5.92 Å². The molecule has 0 aromatic heterocycles. The Hall–Kier alpha value is -1.55. The van der Waals surface area contributed by atoms with Crippen molar-refractivity contribution in [1.29, 1.82) is 0 Å². The first-order valence-electron chi connectivity index (χ1n) is 6.79. The van der Waals surface area contributed by atoms with Gasteiger partial charge in [-0.3, -0.25) is 4.79 Å². The van der Waals surface area contributed by atoms with Crippen LogP contribution in [0.3, 0.4) is 0 Å². The maximum atomic E-state index is 11.9. The van der Waals surface area contributed by atoms with Crippen molar-refractivity contribution in [2.45, 2.75) is 38.3 Å². The summed E-state index contributed by atoms with van der Waals surface area (Å²) in [7, 11) is 1.64. The van der Waals surface area contributed by atoms with Crippen molar-refractivity contribution in [2.75, 3.05) is 7.11 Å². The van der Waals surface area contributed by atoms with E-state index in [2.05, 4.69) is 5.32 Å². The van der Waals surface area contributed by atoms with E-state index in [1.54, 1.807) is 7.11 Å². The minimum atomic E-state index is -0.00944. The van der Waals surface area contributed by atoms with Gasteiger partial charge in [0.1, 0.15) is 5.75 Å². The normalized spacial score (nSPS) is 17.6. The van der Waals surface area contributed by atoms with Gasteiger partial charge in [0.05, 0.1) is 13.2 Å². The summed E-state index contributed by atoms with van der Waals surface area (Å²) in [5, 5.41) is 2.99. The van der Waals surface area contributed by atoms with Crippen LogP contribution in [-0.4, -0.2) is 19.1 Å². The molecule has 0 saturated heterocycles. The summed E-state index contributed by atoms with van der Waals surface area (Å²) >= 11 is 0. The van der Waals surface area contributed by atoms with Crippen LogP contribution in [0.4, 0.5) is 0 Å². The molecule has 2 rings (SSSR count). The predicted molar refractivity (Wildman–Crippen MR) is 74.9 cm³/mol. The minimum absolute atomic E-state index is 0.00944. The van der Waals surface area contributed by atoms with E-state index in [-0.39, 0.29) is 18.0 Å². The predicted octanol–water partition coefficient (Wildman–Crippen LogP) is 2.00. The average Bonchev–Trinajstić information content (AvgIpc) is 3.22. The number of hydrogen-bond donors (Lipinski definition) is 2. The molecule has 2 atom stereocenters. The molecular weight excluding hydrogens is 240 g/mol. The topological polar surface area (TPSA) is 64.3 Å². The Labute approximate surface area is 114 Å². The highest BCUT2D eigenvalue weighted by molar-refractivity contribution is 5.77. The third kappa shape index (κ3) is 3.96. The van der Waals surface area contributed by atoms with Gasteiger partial charge in [-0.05, 0) is 43.4 Å². The molecule has 0 radical (unpaired) electrons. The molecule has 0 aliphatic heterocycles. The number of carbonyl (C=O) groups excluding carboxylic acids is 1. The van der Waals surface area contributed by atoms with E-state index >= 15 is 0 Å². The van der Waals surface area contributed by atoms with Crippen molar-refractivity contribution in [3.05, 3.63) is 29.8 Å². The lowest BCUT2D eigenvalue weighted by molar-refractivity contribution is -0.122. The van der Waals surface area contributed by atoms with E-state index in [4.69, 9.17) is 10.5 Å². The molecule has 4 nitrogen and oxygen atoms in total. The van der Waals surface area contributed by atoms with Gasteiger partial charge in [-0.1, -0.05) is 12.1 Å². The molecular formula is C15H22N2O2. The van der Waals surface area contributed by atoms with Gasteiger partial charge in [-0.15, -0.1) is 0 Å². The van der Waals surface area contributed by atoms with Gasteiger partial charge >= 0.3 is 0 Å². The highest BCUT2D eigenvalue weighted by Gasteiger charge is 2.29. The van der Waals surface area contributed by atoms with Gasteiger partial charge in [-0.25, -0.2) is 0 Å². The van der Waals surface area contributed by atoms with Crippen LogP contribution in [0.2, 0.25) is 0 Å². The Bertz CT molecular complexity index is 426. The van der Waals surface area contributed by atoms with Crippen LogP contribution < -0.4 is 15.8 Å². The first-order valence-corrected chi connectivity index (χ1v) is 6.79. The highest BCUT2D eigenvalue weighted by Crippen LogP contribution is 2.32. The van der Waals surface area contributed by atoms with Crippen LogP contribution in [0.1, 0.15) is 37.8 Å². The lowest BCUT2D eigenvalue weighted by Gasteiger charge is -2.16. The van der Waals surface area contributed by atoms with Gasteiger partial charge in [0, 0.05) is 12.5 Å². The Morgan fingerprint density at radius 1 is 1.42 bits per heavy atom. The fraction of sp³-hybridized carbons (Fsp3) is 0.533. The van der Waals surface area contributed by atoms with Crippen LogP contribution in [0.15, 0.2) is 24.3 Å². The van der Waals surface area contributed by atoms with Crippen molar-refractivity contribution in [3.63, 3.8) is 0 Å². The lowest BCUT2D eigenvalue weighted by atomic mass is 10.1. The molecule has 0 spiro atoms. The molecule has 1 aromatic carbocycles. The van der Waals surface area contributed by atoms with E-state index in [0.717, 1.165) is 11.3 Å². The number of amides is 1. The first kappa shape index (κ1) is 13.9. The summed E-state index contributed by atoms with van der Waals surface area (Å²) in [5.74, 6) is 1.41. The Balaban J connectivity index is 1.84. The zero-order valence-electron chi connectivity index (χ0n) is 11.6. The molecule has 3 N–H and O–H groups in total. The Kier molecular flexibility index (Phi) is 4.43. The van der Waals surface area contributed by atoms with Crippen molar-refractivity contribution < 1.29 is 9.53 Å². The monoisotopic (exact) mass is 262 g/mol. The fourth-order valence-corrected chi connectivity index (χ4v) is 2.18. The molecule has 1 saturated carbocycles. The molecule has 1 aliphatic rings. The largest absolute Gasteiger partial charge is 0.497 e. The van der Waals surface area contributed by atoms with Crippen molar-refractivity contribution in [2.24, 2.45) is 11.7 Å². The number of rotatable bonds is 6. The number of hydrogen-bond acceptors (Lipinski definition) is 3. The number of nitrogens with one attached hydrogen (secondary N) is 1. The summed E-state index contributed by atoms with van der Waals surface area (Å²) < 4.78 is 5.11. The molecule has 1 aliphatic carbocycles. The van der Waals surface area contributed by atoms with Crippen LogP contribution >= 0.6 is 0 Å². The van der Waals surface area contributed by atoms with Gasteiger partial charge < -0.3 is 15.8 Å². The number of benzene rings is 1. The fourth-order valence-electron chi connectivity index (χ4n) is 2.18. The van der Waals surface area contributed by atoms with Gasteiger partial charge in [0.2, 0.25) is 5.91 Å². The molecule has 1 amide bonds. The molecule has 1 unspecified atom stereocenters. The van der Waals surface area contributed by atoms with E-state index in [1.807, 2.05) is 31.2 Å². The molecule has 19 heavy (non-hydrogen) atoms. The molecule has 0 heterocycles. The molecule has 0 bridgehead atoms. The highest BCUT2D eigenvalue weighted by atomic mass is 16.5. The maximum Gasteiger partial charge on any atom is 0.222 e. The second-order valence-corrected chi connectivity index (χ2v) is 5.27. The quantitative estimate of drug-likeness (QED) is 0.824. The standard InChI is InChI=1S/C15H22N2O2/c1-10(11-5-7-13(19-2)8-6-11)17-15(18)9-14(16)12-3-4-12/h5-8,10,12,14H,3-4,9,16H2,1-2H3,(H,17,18)/t10-,14?/m1/s1. The first-order chi connectivity index (χ1) is 9.10. The smallest absolute Gasteiger partial charge is 0.222 e. The minimum Gasteiger partial charge on any atom is -0.497 e. The third-order valence-electron chi connectivity index (χ3n) is 3.64. The van der Waals surface area contributed by atoms with E-state index < -0.39 is 0 Å². The molecule has 1 fully saturated rings. The summed E-state index contributed by atoms with van der Waals surface area (Å²) in [6, 6.07) is 7.73. The van der Waals surface area contributed by atoms with Crippen LogP contribution in [-0.2, 0) is 4.79 Å². The zero-order valence-corrected chi connectivity index (χ0v) is 11.6. The zero-order chi connectivity index (χ0) is 13.8. The Morgan fingerprint density at radius 2 is 2.05 bits per heavy atom. The summed E-state index contributed by atoms with van der Waals surface area (Å²) in [6.07, 6.45) is 2.76. The third-order valence-corrected chi connectivity index (χ3v) is 3.64. The van der Waals surface area contributed by atoms with Crippen LogP contribution in [0.25, 0.3) is 0 Å². The number of ether oxygens (including phenoxy) is 1. The summed E-state index contributed by atoms with van der Waals surface area (Å²) in [6.45, 7) is 1.97. The van der Waals surface area contributed by atoms with E-state index in [0.29, 0.717) is 12.3 Å². The maximum absolute atomic E-state index is 11.9. The van der Waals surface area contributed by atoms with Crippen molar-refractivity contribution in [3.8, 4) is 5.75 Å². The molecule has 4 heteroatoms. The second kappa shape index (κ2) is 6.06. The summed E-state index contributed by atoms with van der Waals surface area (Å²) in [5.41, 5.74) is 7.02.